The van der Waals surface area contributed by atoms with Gasteiger partial charge in [0.2, 0.25) is 11.8 Å². The Kier molecular flexibility index (Phi) is 3.39. The van der Waals surface area contributed by atoms with E-state index in [0.717, 1.165) is 11.3 Å². The summed E-state index contributed by atoms with van der Waals surface area (Å²) in [5.41, 5.74) is 1.82. The number of benzene rings is 1. The summed E-state index contributed by atoms with van der Waals surface area (Å²) in [5, 5.41) is 5.59. The van der Waals surface area contributed by atoms with E-state index >= 15 is 0 Å². The Labute approximate surface area is 99.8 Å². The lowest BCUT2D eigenvalue weighted by molar-refractivity contribution is -0.128. The average Bonchev–Trinajstić information content (AvgIpc) is 2.34. The number of para-hydroxylation sites is 1. The maximum Gasteiger partial charge on any atom is 0.246 e. The predicted octanol–water partition coefficient (Wildman–Crippen LogP) is -0.131. The van der Waals surface area contributed by atoms with Crippen LogP contribution < -0.4 is 15.5 Å². The third-order valence-electron chi connectivity index (χ3n) is 2.69. The molecular weight excluding hydrogens is 218 g/mol. The largest absolute Gasteiger partial charge is 0.345 e. The van der Waals surface area contributed by atoms with E-state index in [4.69, 9.17) is 0 Å². The topological polar surface area (TPSA) is 61.4 Å². The van der Waals surface area contributed by atoms with Gasteiger partial charge in [-0.1, -0.05) is 18.2 Å². The first-order chi connectivity index (χ1) is 8.22. The number of nitrogens with zero attached hydrogens (tertiary/aromatic N) is 1. The first-order valence-electron chi connectivity index (χ1n) is 5.52. The third kappa shape index (κ3) is 2.45. The van der Waals surface area contributed by atoms with Crippen molar-refractivity contribution < 1.29 is 9.59 Å². The third-order valence-corrected chi connectivity index (χ3v) is 2.69. The maximum absolute atomic E-state index is 11.8. The van der Waals surface area contributed by atoms with E-state index in [9.17, 15) is 9.59 Å². The van der Waals surface area contributed by atoms with Crippen molar-refractivity contribution >= 4 is 17.5 Å². The van der Waals surface area contributed by atoms with Crippen molar-refractivity contribution in [2.75, 3.05) is 25.0 Å². The molecule has 1 aromatic carbocycles. The molecule has 5 nitrogen and oxygen atoms in total. The van der Waals surface area contributed by atoms with Gasteiger partial charge in [-0.2, -0.15) is 0 Å². The molecule has 0 unspecified atom stereocenters. The molecule has 1 aromatic rings. The molecule has 5 heteroatoms. The summed E-state index contributed by atoms with van der Waals surface area (Å²) in [6.07, 6.45) is 0. The summed E-state index contributed by atoms with van der Waals surface area (Å²) in [5.74, 6) is -0.197. The molecule has 0 spiro atoms. The SMILES string of the molecule is CNCc1ccccc1N1CC(=O)NCC1=O. The number of hydrogen-bond acceptors (Lipinski definition) is 3. The molecule has 1 heterocycles. The van der Waals surface area contributed by atoms with Crippen LogP contribution in [0.3, 0.4) is 0 Å². The maximum atomic E-state index is 11.8. The second-order valence-electron chi connectivity index (χ2n) is 3.92. The van der Waals surface area contributed by atoms with Crippen LogP contribution >= 0.6 is 0 Å². The number of amides is 2. The second-order valence-corrected chi connectivity index (χ2v) is 3.92. The van der Waals surface area contributed by atoms with Crippen LogP contribution in [0.4, 0.5) is 5.69 Å². The summed E-state index contributed by atoms with van der Waals surface area (Å²) in [6.45, 7) is 0.841. The zero-order chi connectivity index (χ0) is 12.3. The number of nitrogens with one attached hydrogen (secondary N) is 2. The van der Waals surface area contributed by atoms with E-state index in [1.54, 1.807) is 0 Å². The van der Waals surface area contributed by atoms with Gasteiger partial charge in [-0.15, -0.1) is 0 Å². The van der Waals surface area contributed by atoms with Crippen molar-refractivity contribution in [3.8, 4) is 0 Å². The van der Waals surface area contributed by atoms with Gasteiger partial charge in [-0.05, 0) is 18.7 Å². The summed E-state index contributed by atoms with van der Waals surface area (Å²) in [4.78, 5) is 24.7. The highest BCUT2D eigenvalue weighted by atomic mass is 16.2. The van der Waals surface area contributed by atoms with Crippen LogP contribution in [0, 0.1) is 0 Å². The molecule has 2 rings (SSSR count). The molecule has 17 heavy (non-hydrogen) atoms. The Balaban J connectivity index is 2.31. The Hall–Kier alpha value is -1.88. The van der Waals surface area contributed by atoms with E-state index in [2.05, 4.69) is 10.6 Å². The van der Waals surface area contributed by atoms with Gasteiger partial charge in [0.25, 0.3) is 0 Å². The van der Waals surface area contributed by atoms with E-state index in [1.807, 2.05) is 31.3 Å². The molecule has 0 atom stereocenters. The molecule has 0 aromatic heterocycles. The number of carbonyl (C=O) groups excluding carboxylic acids is 2. The van der Waals surface area contributed by atoms with Crippen LogP contribution in [0.1, 0.15) is 5.56 Å². The van der Waals surface area contributed by atoms with Crippen LogP contribution in [0.2, 0.25) is 0 Å². The summed E-state index contributed by atoms with van der Waals surface area (Å²) < 4.78 is 0. The fourth-order valence-electron chi connectivity index (χ4n) is 1.89. The van der Waals surface area contributed by atoms with Gasteiger partial charge < -0.3 is 15.5 Å². The van der Waals surface area contributed by atoms with Crippen molar-refractivity contribution in [1.29, 1.82) is 0 Å². The summed E-state index contributed by atoms with van der Waals surface area (Å²) in [6, 6.07) is 7.60. The first-order valence-corrected chi connectivity index (χ1v) is 5.52. The Morgan fingerprint density at radius 1 is 1.35 bits per heavy atom. The van der Waals surface area contributed by atoms with Gasteiger partial charge in [0.1, 0.15) is 6.54 Å². The molecule has 1 aliphatic heterocycles. The Morgan fingerprint density at radius 3 is 2.88 bits per heavy atom. The lowest BCUT2D eigenvalue weighted by atomic mass is 10.1. The van der Waals surface area contributed by atoms with Gasteiger partial charge >= 0.3 is 0 Å². The van der Waals surface area contributed by atoms with Crippen molar-refractivity contribution in [1.82, 2.24) is 10.6 Å². The lowest BCUT2D eigenvalue weighted by Gasteiger charge is -2.28. The minimum absolute atomic E-state index is 0.0758. The van der Waals surface area contributed by atoms with Crippen molar-refractivity contribution in [3.05, 3.63) is 29.8 Å². The molecule has 2 N–H and O–H groups in total. The molecular formula is C12H15N3O2. The highest BCUT2D eigenvalue weighted by Gasteiger charge is 2.25. The van der Waals surface area contributed by atoms with Gasteiger partial charge in [0.05, 0.1) is 6.54 Å². The van der Waals surface area contributed by atoms with E-state index < -0.39 is 0 Å². The normalized spacial score (nSPS) is 15.9. The fraction of sp³-hybridized carbons (Fsp3) is 0.333. The molecule has 0 saturated carbocycles. The first kappa shape index (κ1) is 11.6. The Bertz CT molecular complexity index is 445. The van der Waals surface area contributed by atoms with Gasteiger partial charge in [-0.25, -0.2) is 0 Å². The second kappa shape index (κ2) is 4.97. The minimum Gasteiger partial charge on any atom is -0.345 e. The smallest absolute Gasteiger partial charge is 0.246 e. The zero-order valence-electron chi connectivity index (χ0n) is 9.69. The fourth-order valence-corrected chi connectivity index (χ4v) is 1.89. The van der Waals surface area contributed by atoms with Crippen molar-refractivity contribution in [3.63, 3.8) is 0 Å². The van der Waals surface area contributed by atoms with Crippen LogP contribution in [0.5, 0.6) is 0 Å². The van der Waals surface area contributed by atoms with Gasteiger partial charge in [0, 0.05) is 12.2 Å². The summed E-state index contributed by atoms with van der Waals surface area (Å²) in [7, 11) is 1.85. The van der Waals surface area contributed by atoms with Crippen molar-refractivity contribution in [2.45, 2.75) is 6.54 Å². The van der Waals surface area contributed by atoms with E-state index in [1.165, 1.54) is 4.90 Å². The van der Waals surface area contributed by atoms with Crippen LogP contribution in [-0.2, 0) is 16.1 Å². The molecule has 0 bridgehead atoms. The molecule has 1 fully saturated rings. The van der Waals surface area contributed by atoms with E-state index in [0.29, 0.717) is 6.54 Å². The van der Waals surface area contributed by atoms with Crippen LogP contribution in [-0.4, -0.2) is 32.0 Å². The van der Waals surface area contributed by atoms with Crippen LogP contribution in [0.25, 0.3) is 0 Å². The quantitative estimate of drug-likeness (QED) is 0.764. The van der Waals surface area contributed by atoms with Crippen LogP contribution in [0.15, 0.2) is 24.3 Å². The van der Waals surface area contributed by atoms with Gasteiger partial charge in [-0.3, -0.25) is 9.59 Å². The number of piperazine rings is 1. The molecule has 1 saturated heterocycles. The number of rotatable bonds is 3. The Morgan fingerprint density at radius 2 is 2.12 bits per heavy atom. The highest BCUT2D eigenvalue weighted by molar-refractivity contribution is 6.04. The van der Waals surface area contributed by atoms with E-state index in [-0.39, 0.29) is 24.9 Å². The predicted molar refractivity (Wildman–Crippen MR) is 64.6 cm³/mol. The molecule has 0 aliphatic carbocycles. The molecule has 2 amide bonds. The monoisotopic (exact) mass is 233 g/mol. The zero-order valence-corrected chi connectivity index (χ0v) is 9.69. The molecule has 0 radical (unpaired) electrons. The van der Waals surface area contributed by atoms with Crippen molar-refractivity contribution in [2.24, 2.45) is 0 Å². The number of carbonyl (C=O) groups is 2. The lowest BCUT2D eigenvalue weighted by Crippen LogP contribution is -2.52. The molecule has 1 aliphatic rings. The minimum atomic E-state index is -0.121. The number of hydrogen-bond donors (Lipinski definition) is 2. The standard InChI is InChI=1S/C12H15N3O2/c1-13-6-9-4-2-3-5-10(9)15-8-11(16)14-7-12(15)17/h2-5,13H,6-8H2,1H3,(H,14,16). The summed E-state index contributed by atoms with van der Waals surface area (Å²) >= 11 is 0. The average molecular weight is 233 g/mol. The number of anilines is 1. The van der Waals surface area contributed by atoms with Gasteiger partial charge in [0.15, 0.2) is 0 Å². The highest BCUT2D eigenvalue weighted by Crippen LogP contribution is 2.21. The molecule has 90 valence electrons.